The summed E-state index contributed by atoms with van der Waals surface area (Å²) in [6, 6.07) is 18.0. The summed E-state index contributed by atoms with van der Waals surface area (Å²) in [5, 5.41) is 2.83. The van der Waals surface area contributed by atoms with Crippen LogP contribution in [-0.4, -0.2) is 47.8 Å². The average molecular weight is 380 g/mol. The molecule has 0 radical (unpaired) electrons. The first kappa shape index (κ1) is 20.1. The van der Waals surface area contributed by atoms with Crippen molar-refractivity contribution in [2.75, 3.05) is 31.5 Å². The van der Waals surface area contributed by atoms with Crippen molar-refractivity contribution in [2.24, 2.45) is 0 Å². The van der Waals surface area contributed by atoms with E-state index < -0.39 is 11.8 Å². The Morgan fingerprint density at radius 2 is 1.61 bits per heavy atom. The van der Waals surface area contributed by atoms with Crippen molar-refractivity contribution in [1.29, 1.82) is 0 Å². The number of hydrogen-bond acceptors (Lipinski definition) is 3. The molecule has 1 aliphatic heterocycles. The molecule has 1 N–H and O–H groups in total. The van der Waals surface area contributed by atoms with Crippen LogP contribution in [0.15, 0.2) is 54.6 Å². The van der Waals surface area contributed by atoms with E-state index in [4.69, 9.17) is 0 Å². The van der Waals surface area contributed by atoms with Gasteiger partial charge in [-0.2, -0.15) is 0 Å². The summed E-state index contributed by atoms with van der Waals surface area (Å²) < 4.78 is 0. The topological polar surface area (TPSA) is 52.7 Å². The van der Waals surface area contributed by atoms with Gasteiger partial charge < -0.3 is 10.2 Å². The van der Waals surface area contributed by atoms with E-state index in [1.54, 1.807) is 4.90 Å². The molecule has 5 nitrogen and oxygen atoms in total. The molecule has 1 aliphatic rings. The second kappa shape index (κ2) is 9.51. The van der Waals surface area contributed by atoms with Gasteiger partial charge >= 0.3 is 11.8 Å². The van der Waals surface area contributed by atoms with Crippen molar-refractivity contribution in [3.05, 3.63) is 65.7 Å². The second-order valence-corrected chi connectivity index (χ2v) is 7.40. The molecule has 0 aliphatic carbocycles. The number of rotatable bonds is 5. The summed E-state index contributed by atoms with van der Waals surface area (Å²) in [5.74, 6) is -0.668. The van der Waals surface area contributed by atoms with Crippen LogP contribution in [0.1, 0.15) is 37.3 Å². The van der Waals surface area contributed by atoms with Crippen LogP contribution >= 0.6 is 0 Å². The zero-order valence-corrected chi connectivity index (χ0v) is 16.7. The van der Waals surface area contributed by atoms with E-state index in [9.17, 15) is 9.59 Å². The van der Waals surface area contributed by atoms with Crippen molar-refractivity contribution in [3.8, 4) is 0 Å². The molecule has 1 heterocycles. The fraction of sp³-hybridized carbons (Fsp3) is 0.391. The van der Waals surface area contributed by atoms with Crippen LogP contribution in [0.25, 0.3) is 0 Å². The summed E-state index contributed by atoms with van der Waals surface area (Å²) in [6.07, 6.45) is 0.976. The van der Waals surface area contributed by atoms with Crippen LogP contribution in [-0.2, 0) is 16.1 Å². The standard InChI is InChI=1S/C23H29N3O2/c1-3-18(2)20-11-7-8-12-21(20)24-22(27)23(28)26-15-13-25(14-16-26)17-19-9-5-4-6-10-19/h4-12,18H,3,13-17H2,1-2H3,(H,24,27). The zero-order valence-electron chi connectivity index (χ0n) is 16.7. The lowest BCUT2D eigenvalue weighted by molar-refractivity contribution is -0.144. The van der Waals surface area contributed by atoms with E-state index in [2.05, 4.69) is 36.2 Å². The molecular formula is C23H29N3O2. The van der Waals surface area contributed by atoms with Gasteiger partial charge in [0.05, 0.1) is 0 Å². The molecule has 1 atom stereocenters. The molecule has 2 aromatic carbocycles. The van der Waals surface area contributed by atoms with Crippen LogP contribution in [0.4, 0.5) is 5.69 Å². The van der Waals surface area contributed by atoms with E-state index >= 15 is 0 Å². The highest BCUT2D eigenvalue weighted by atomic mass is 16.2. The summed E-state index contributed by atoms with van der Waals surface area (Å²) in [6.45, 7) is 7.81. The summed E-state index contributed by atoms with van der Waals surface area (Å²) in [5.41, 5.74) is 3.07. The van der Waals surface area contributed by atoms with Gasteiger partial charge in [0.2, 0.25) is 0 Å². The number of nitrogens with zero attached hydrogens (tertiary/aromatic N) is 2. The minimum absolute atomic E-state index is 0.327. The highest BCUT2D eigenvalue weighted by molar-refractivity contribution is 6.39. The SMILES string of the molecule is CCC(C)c1ccccc1NC(=O)C(=O)N1CCN(Cc2ccccc2)CC1. The van der Waals surface area contributed by atoms with Crippen molar-refractivity contribution in [3.63, 3.8) is 0 Å². The van der Waals surface area contributed by atoms with Crippen molar-refractivity contribution in [2.45, 2.75) is 32.7 Å². The molecule has 1 unspecified atom stereocenters. The molecule has 148 valence electrons. The van der Waals surface area contributed by atoms with Crippen LogP contribution < -0.4 is 5.32 Å². The fourth-order valence-corrected chi connectivity index (χ4v) is 3.53. The Balaban J connectivity index is 1.55. The third-order valence-corrected chi connectivity index (χ3v) is 5.46. The smallest absolute Gasteiger partial charge is 0.313 e. The molecule has 0 aromatic heterocycles. The summed E-state index contributed by atoms with van der Waals surface area (Å²) in [4.78, 5) is 29.1. The molecule has 0 spiro atoms. The van der Waals surface area contributed by atoms with Gasteiger partial charge in [-0.05, 0) is 29.5 Å². The number of nitrogens with one attached hydrogen (secondary N) is 1. The number of carbonyl (C=O) groups is 2. The second-order valence-electron chi connectivity index (χ2n) is 7.40. The molecule has 1 fully saturated rings. The van der Waals surface area contributed by atoms with Gasteiger partial charge in [-0.25, -0.2) is 0 Å². The largest absolute Gasteiger partial charge is 0.332 e. The number of carbonyl (C=O) groups excluding carboxylic acids is 2. The van der Waals surface area contributed by atoms with E-state index in [-0.39, 0.29) is 0 Å². The number of amides is 2. The van der Waals surface area contributed by atoms with Crippen molar-refractivity contribution < 1.29 is 9.59 Å². The maximum absolute atomic E-state index is 12.6. The van der Waals surface area contributed by atoms with Gasteiger partial charge in [0.25, 0.3) is 0 Å². The van der Waals surface area contributed by atoms with Gasteiger partial charge in [-0.15, -0.1) is 0 Å². The zero-order chi connectivity index (χ0) is 19.9. The monoisotopic (exact) mass is 379 g/mol. The number of piperazine rings is 1. The molecule has 2 aromatic rings. The molecular weight excluding hydrogens is 350 g/mol. The lowest BCUT2D eigenvalue weighted by Crippen LogP contribution is -2.51. The first-order valence-corrected chi connectivity index (χ1v) is 10.0. The van der Waals surface area contributed by atoms with Gasteiger partial charge in [0.1, 0.15) is 0 Å². The predicted molar refractivity (Wildman–Crippen MR) is 112 cm³/mol. The molecule has 3 rings (SSSR count). The third kappa shape index (κ3) is 4.98. The first-order valence-electron chi connectivity index (χ1n) is 10.0. The Kier molecular flexibility index (Phi) is 6.82. The lowest BCUT2D eigenvalue weighted by atomic mass is 9.97. The fourth-order valence-electron chi connectivity index (χ4n) is 3.53. The average Bonchev–Trinajstić information content (AvgIpc) is 2.74. The number of benzene rings is 2. The Morgan fingerprint density at radius 1 is 0.964 bits per heavy atom. The third-order valence-electron chi connectivity index (χ3n) is 5.46. The summed E-state index contributed by atoms with van der Waals surface area (Å²) >= 11 is 0. The maximum atomic E-state index is 12.6. The minimum atomic E-state index is -0.549. The maximum Gasteiger partial charge on any atom is 0.313 e. The summed E-state index contributed by atoms with van der Waals surface area (Å²) in [7, 11) is 0. The van der Waals surface area contributed by atoms with Gasteiger partial charge in [-0.3, -0.25) is 14.5 Å². The van der Waals surface area contributed by atoms with Crippen molar-refractivity contribution >= 4 is 17.5 Å². The quantitative estimate of drug-likeness (QED) is 0.809. The number of anilines is 1. The van der Waals surface area contributed by atoms with Crippen molar-refractivity contribution in [1.82, 2.24) is 9.80 Å². The number of para-hydroxylation sites is 1. The van der Waals surface area contributed by atoms with Gasteiger partial charge in [0.15, 0.2) is 0 Å². The highest BCUT2D eigenvalue weighted by Crippen LogP contribution is 2.26. The Labute approximate surface area is 167 Å². The molecule has 1 saturated heterocycles. The minimum Gasteiger partial charge on any atom is -0.332 e. The molecule has 0 bridgehead atoms. The van der Waals surface area contributed by atoms with E-state index in [1.807, 2.05) is 42.5 Å². The van der Waals surface area contributed by atoms with E-state index in [0.29, 0.717) is 19.0 Å². The Morgan fingerprint density at radius 3 is 2.29 bits per heavy atom. The van der Waals surface area contributed by atoms with E-state index in [1.165, 1.54) is 5.56 Å². The van der Waals surface area contributed by atoms with Gasteiger partial charge in [0, 0.05) is 38.4 Å². The van der Waals surface area contributed by atoms with Crippen LogP contribution in [0.5, 0.6) is 0 Å². The van der Waals surface area contributed by atoms with Gasteiger partial charge in [-0.1, -0.05) is 62.4 Å². The Bertz CT molecular complexity index is 799. The predicted octanol–water partition coefficient (Wildman–Crippen LogP) is 3.48. The van der Waals surface area contributed by atoms with Crippen LogP contribution in [0.3, 0.4) is 0 Å². The highest BCUT2D eigenvalue weighted by Gasteiger charge is 2.26. The molecule has 28 heavy (non-hydrogen) atoms. The molecule has 0 saturated carbocycles. The van der Waals surface area contributed by atoms with Crippen LogP contribution in [0, 0.1) is 0 Å². The number of hydrogen-bond donors (Lipinski definition) is 1. The van der Waals surface area contributed by atoms with E-state index in [0.717, 1.165) is 37.3 Å². The molecule has 5 heteroatoms. The normalized spacial score (nSPS) is 15.9. The molecule has 2 amide bonds. The first-order chi connectivity index (χ1) is 13.6. The Hall–Kier alpha value is -2.66. The van der Waals surface area contributed by atoms with Crippen LogP contribution in [0.2, 0.25) is 0 Å². The lowest BCUT2D eigenvalue weighted by Gasteiger charge is -2.34.